The number of fused-ring (bicyclic) bond motifs is 2. The summed E-state index contributed by atoms with van der Waals surface area (Å²) in [6.07, 6.45) is 7.47. The van der Waals surface area contributed by atoms with Crippen LogP contribution in [-0.4, -0.2) is 6.26 Å². The van der Waals surface area contributed by atoms with Gasteiger partial charge in [-0.1, -0.05) is 29.8 Å². The molecule has 0 N–H and O–H groups in total. The Morgan fingerprint density at radius 3 is 2.71 bits per heavy atom. The Labute approximate surface area is 107 Å². The molecular formula is C16H18S. The first kappa shape index (κ1) is 11.2. The molecule has 0 aliphatic heterocycles. The smallest absolute Gasteiger partial charge is 0.0182 e. The maximum atomic E-state index is 2.43. The zero-order valence-corrected chi connectivity index (χ0v) is 11.4. The molecule has 0 bridgehead atoms. The first-order valence-electron chi connectivity index (χ1n) is 6.38. The van der Waals surface area contributed by atoms with E-state index in [4.69, 9.17) is 0 Å². The molecule has 17 heavy (non-hydrogen) atoms. The fourth-order valence-electron chi connectivity index (χ4n) is 2.94. The van der Waals surface area contributed by atoms with Crippen molar-refractivity contribution in [3.8, 4) is 0 Å². The minimum absolute atomic E-state index is 1.27. The molecule has 0 aromatic heterocycles. The van der Waals surface area contributed by atoms with Crippen molar-refractivity contribution >= 4 is 22.5 Å². The Kier molecular flexibility index (Phi) is 2.87. The van der Waals surface area contributed by atoms with Crippen molar-refractivity contribution in [1.29, 1.82) is 0 Å². The zero-order chi connectivity index (χ0) is 11.8. The Morgan fingerprint density at radius 2 is 1.88 bits per heavy atom. The summed E-state index contributed by atoms with van der Waals surface area (Å²) in [5.41, 5.74) is 4.58. The Hall–Kier alpha value is -0.950. The standard InChI is InChI=1S/C16H18S/c1-11-7-8-15-13(9-11)10-12-5-3-4-6-14(12)16(15)17-2/h7-10H,3-6H2,1-2H3. The van der Waals surface area contributed by atoms with Gasteiger partial charge in [-0.2, -0.15) is 0 Å². The predicted molar refractivity (Wildman–Crippen MR) is 77.1 cm³/mol. The maximum absolute atomic E-state index is 2.43. The van der Waals surface area contributed by atoms with Gasteiger partial charge in [0, 0.05) is 4.90 Å². The summed E-state index contributed by atoms with van der Waals surface area (Å²) in [4.78, 5) is 1.53. The highest BCUT2D eigenvalue weighted by Crippen LogP contribution is 2.36. The molecule has 0 heterocycles. The zero-order valence-electron chi connectivity index (χ0n) is 10.5. The fourth-order valence-corrected chi connectivity index (χ4v) is 3.82. The average molecular weight is 242 g/mol. The second kappa shape index (κ2) is 4.38. The lowest BCUT2D eigenvalue weighted by Gasteiger charge is -2.20. The molecule has 0 saturated carbocycles. The van der Waals surface area contributed by atoms with Gasteiger partial charge in [0.1, 0.15) is 0 Å². The van der Waals surface area contributed by atoms with E-state index in [-0.39, 0.29) is 0 Å². The van der Waals surface area contributed by atoms with E-state index in [9.17, 15) is 0 Å². The van der Waals surface area contributed by atoms with Gasteiger partial charge in [-0.05, 0) is 60.8 Å². The Bertz CT molecular complexity index is 569. The average Bonchev–Trinajstić information content (AvgIpc) is 2.35. The third-order valence-corrected chi connectivity index (χ3v) is 4.64. The van der Waals surface area contributed by atoms with E-state index >= 15 is 0 Å². The molecule has 2 aromatic carbocycles. The summed E-state index contributed by atoms with van der Waals surface area (Å²) in [6, 6.07) is 9.28. The molecule has 0 fully saturated rings. The highest BCUT2D eigenvalue weighted by atomic mass is 32.2. The minimum Gasteiger partial charge on any atom is -0.129 e. The van der Waals surface area contributed by atoms with Crippen LogP contribution >= 0.6 is 11.8 Å². The van der Waals surface area contributed by atoms with E-state index in [1.54, 1.807) is 11.1 Å². The third kappa shape index (κ3) is 1.87. The lowest BCUT2D eigenvalue weighted by atomic mass is 9.89. The first-order chi connectivity index (χ1) is 8.29. The summed E-state index contributed by atoms with van der Waals surface area (Å²) < 4.78 is 0. The summed E-state index contributed by atoms with van der Waals surface area (Å²) in [5, 5.41) is 2.87. The van der Waals surface area contributed by atoms with Crippen LogP contribution < -0.4 is 0 Å². The lowest BCUT2D eigenvalue weighted by molar-refractivity contribution is 0.678. The molecule has 0 unspecified atom stereocenters. The van der Waals surface area contributed by atoms with Crippen LogP contribution in [0.4, 0.5) is 0 Å². The lowest BCUT2D eigenvalue weighted by Crippen LogP contribution is -2.04. The molecule has 2 aromatic rings. The van der Waals surface area contributed by atoms with Crippen molar-refractivity contribution < 1.29 is 0 Å². The molecular weight excluding hydrogens is 224 g/mol. The van der Waals surface area contributed by atoms with Gasteiger partial charge in [0.25, 0.3) is 0 Å². The van der Waals surface area contributed by atoms with Crippen LogP contribution in [0.5, 0.6) is 0 Å². The number of hydrogen-bond donors (Lipinski definition) is 0. The van der Waals surface area contributed by atoms with Gasteiger partial charge in [-0.25, -0.2) is 0 Å². The van der Waals surface area contributed by atoms with Crippen LogP contribution in [0.15, 0.2) is 29.2 Å². The molecule has 0 nitrogen and oxygen atoms in total. The van der Waals surface area contributed by atoms with E-state index in [2.05, 4.69) is 37.4 Å². The number of benzene rings is 2. The van der Waals surface area contributed by atoms with Crippen molar-refractivity contribution in [2.24, 2.45) is 0 Å². The monoisotopic (exact) mass is 242 g/mol. The van der Waals surface area contributed by atoms with Crippen LogP contribution in [0.3, 0.4) is 0 Å². The molecule has 0 saturated heterocycles. The van der Waals surface area contributed by atoms with E-state index in [0.29, 0.717) is 0 Å². The maximum Gasteiger partial charge on any atom is 0.0182 e. The summed E-state index contributed by atoms with van der Waals surface area (Å²) >= 11 is 1.92. The molecule has 0 amide bonds. The number of aryl methyl sites for hydroxylation is 2. The quantitative estimate of drug-likeness (QED) is 0.650. The van der Waals surface area contributed by atoms with Crippen molar-refractivity contribution in [1.82, 2.24) is 0 Å². The molecule has 88 valence electrons. The van der Waals surface area contributed by atoms with Crippen LogP contribution in [-0.2, 0) is 12.8 Å². The van der Waals surface area contributed by atoms with Gasteiger partial charge in [0.2, 0.25) is 0 Å². The molecule has 3 rings (SSSR count). The molecule has 1 aliphatic carbocycles. The summed E-state index contributed by atoms with van der Waals surface area (Å²) in [7, 11) is 0. The van der Waals surface area contributed by atoms with Crippen molar-refractivity contribution in [3.05, 3.63) is 41.0 Å². The number of rotatable bonds is 1. The van der Waals surface area contributed by atoms with Crippen molar-refractivity contribution in [2.75, 3.05) is 6.26 Å². The molecule has 0 spiro atoms. The SMILES string of the molecule is CSc1c2c(cc3cc(C)ccc13)CCCC2. The third-order valence-electron chi connectivity index (χ3n) is 3.77. The minimum atomic E-state index is 1.27. The Balaban J connectivity index is 2.34. The van der Waals surface area contributed by atoms with Crippen molar-refractivity contribution in [2.45, 2.75) is 37.5 Å². The van der Waals surface area contributed by atoms with Gasteiger partial charge in [0.15, 0.2) is 0 Å². The second-order valence-corrected chi connectivity index (χ2v) is 5.80. The molecule has 1 heteroatoms. The van der Waals surface area contributed by atoms with Gasteiger partial charge < -0.3 is 0 Å². The molecule has 0 radical (unpaired) electrons. The first-order valence-corrected chi connectivity index (χ1v) is 7.61. The number of thioether (sulfide) groups is 1. The predicted octanol–water partition coefficient (Wildman–Crippen LogP) is 4.75. The van der Waals surface area contributed by atoms with Crippen LogP contribution in [0.1, 0.15) is 29.5 Å². The number of hydrogen-bond acceptors (Lipinski definition) is 1. The normalized spacial score (nSPS) is 14.9. The molecule has 1 aliphatic rings. The van der Waals surface area contributed by atoms with Crippen molar-refractivity contribution in [3.63, 3.8) is 0 Å². The second-order valence-electron chi connectivity index (χ2n) is 4.98. The summed E-state index contributed by atoms with van der Waals surface area (Å²) in [5.74, 6) is 0. The van der Waals surface area contributed by atoms with E-state index < -0.39 is 0 Å². The topological polar surface area (TPSA) is 0 Å². The Morgan fingerprint density at radius 1 is 1.06 bits per heavy atom. The largest absolute Gasteiger partial charge is 0.129 e. The van der Waals surface area contributed by atoms with Gasteiger partial charge in [-0.15, -0.1) is 11.8 Å². The van der Waals surface area contributed by atoms with E-state index in [0.717, 1.165) is 0 Å². The molecule has 0 atom stereocenters. The van der Waals surface area contributed by atoms with E-state index in [1.807, 2.05) is 11.8 Å². The van der Waals surface area contributed by atoms with E-state index in [1.165, 1.54) is 46.9 Å². The van der Waals surface area contributed by atoms with Gasteiger partial charge in [-0.3, -0.25) is 0 Å². The highest BCUT2D eigenvalue weighted by Gasteiger charge is 2.15. The summed E-state index contributed by atoms with van der Waals surface area (Å²) in [6.45, 7) is 2.18. The van der Waals surface area contributed by atoms with Crippen LogP contribution in [0.2, 0.25) is 0 Å². The van der Waals surface area contributed by atoms with Crippen LogP contribution in [0.25, 0.3) is 10.8 Å². The van der Waals surface area contributed by atoms with Gasteiger partial charge in [0.05, 0.1) is 0 Å². The van der Waals surface area contributed by atoms with Gasteiger partial charge >= 0.3 is 0 Å². The highest BCUT2D eigenvalue weighted by molar-refractivity contribution is 7.98. The van der Waals surface area contributed by atoms with Crippen LogP contribution in [0, 0.1) is 6.92 Å². The fraction of sp³-hybridized carbons (Fsp3) is 0.375.